The molecule has 0 amide bonds. The number of nitrogen functional groups attached to an aromatic ring is 1. The molecule has 1 atom stereocenters. The first-order chi connectivity index (χ1) is 6.18. The zero-order valence-corrected chi connectivity index (χ0v) is 8.46. The topological polar surface area (TPSA) is 52.3 Å². The molecule has 0 saturated carbocycles. The van der Waals surface area contributed by atoms with Crippen LogP contribution in [0.4, 0.5) is 5.69 Å². The van der Waals surface area contributed by atoms with Gasteiger partial charge in [-0.15, -0.1) is 4.52 Å². The van der Waals surface area contributed by atoms with Gasteiger partial charge in [-0.1, -0.05) is 12.1 Å². The van der Waals surface area contributed by atoms with Gasteiger partial charge in [0.2, 0.25) is 0 Å². The lowest BCUT2D eigenvalue weighted by atomic mass is 10.1. The zero-order chi connectivity index (χ0) is 9.68. The zero-order valence-electron chi connectivity index (χ0n) is 7.56. The summed E-state index contributed by atoms with van der Waals surface area (Å²) in [6.45, 7) is 2.03. The highest BCUT2D eigenvalue weighted by Gasteiger charge is 2.05. The standard InChI is InChI=1S/C9H13NO2P/c1-13(11)12-6-5-8-3-2-4-9(10)7-8/h2-4,7H,5-6,10H2,1H3/q+1. The fourth-order valence-corrected chi connectivity index (χ4v) is 1.39. The second kappa shape index (κ2) is 4.95. The first-order valence-corrected chi connectivity index (χ1v) is 5.69. The molecule has 1 unspecified atom stereocenters. The van der Waals surface area contributed by atoms with Crippen LogP contribution in [0.15, 0.2) is 24.3 Å². The van der Waals surface area contributed by atoms with Crippen molar-refractivity contribution in [2.24, 2.45) is 0 Å². The van der Waals surface area contributed by atoms with Gasteiger partial charge in [0.1, 0.15) is 6.61 Å². The van der Waals surface area contributed by atoms with E-state index in [2.05, 4.69) is 0 Å². The van der Waals surface area contributed by atoms with Gasteiger partial charge >= 0.3 is 8.03 Å². The first-order valence-electron chi connectivity index (χ1n) is 4.06. The van der Waals surface area contributed by atoms with Crippen LogP contribution < -0.4 is 5.73 Å². The Morgan fingerprint density at radius 3 is 2.92 bits per heavy atom. The van der Waals surface area contributed by atoms with Gasteiger partial charge in [0.15, 0.2) is 6.66 Å². The van der Waals surface area contributed by atoms with E-state index in [1.54, 1.807) is 6.66 Å². The maximum Gasteiger partial charge on any atom is 0.504 e. The van der Waals surface area contributed by atoms with Gasteiger partial charge in [-0.3, -0.25) is 0 Å². The van der Waals surface area contributed by atoms with Gasteiger partial charge < -0.3 is 5.73 Å². The third-order valence-electron chi connectivity index (χ3n) is 1.61. The predicted molar refractivity (Wildman–Crippen MR) is 54.0 cm³/mol. The van der Waals surface area contributed by atoms with Crippen molar-refractivity contribution >= 4 is 13.7 Å². The highest BCUT2D eigenvalue weighted by atomic mass is 31.1. The van der Waals surface area contributed by atoms with Crippen LogP contribution in [0.5, 0.6) is 0 Å². The Morgan fingerprint density at radius 2 is 2.31 bits per heavy atom. The Labute approximate surface area is 78.8 Å². The van der Waals surface area contributed by atoms with Crippen LogP contribution in [-0.4, -0.2) is 13.3 Å². The maximum absolute atomic E-state index is 10.6. The van der Waals surface area contributed by atoms with Crippen LogP contribution >= 0.6 is 8.03 Å². The van der Waals surface area contributed by atoms with E-state index < -0.39 is 8.03 Å². The van der Waals surface area contributed by atoms with E-state index in [1.807, 2.05) is 24.3 Å². The molecule has 0 aliphatic rings. The molecule has 0 heterocycles. The molecule has 3 nitrogen and oxygen atoms in total. The van der Waals surface area contributed by atoms with Crippen molar-refractivity contribution in [3.05, 3.63) is 29.8 Å². The van der Waals surface area contributed by atoms with Gasteiger partial charge in [-0.2, -0.15) is 0 Å². The van der Waals surface area contributed by atoms with Crippen molar-refractivity contribution < 1.29 is 9.09 Å². The fourth-order valence-electron chi connectivity index (χ4n) is 1.04. The molecule has 0 bridgehead atoms. The quantitative estimate of drug-likeness (QED) is 0.596. The van der Waals surface area contributed by atoms with Crippen molar-refractivity contribution in [2.45, 2.75) is 6.42 Å². The summed E-state index contributed by atoms with van der Waals surface area (Å²) >= 11 is 0. The van der Waals surface area contributed by atoms with Crippen LogP contribution in [0.2, 0.25) is 0 Å². The maximum atomic E-state index is 10.6. The van der Waals surface area contributed by atoms with Crippen molar-refractivity contribution in [3.63, 3.8) is 0 Å². The summed E-state index contributed by atoms with van der Waals surface area (Å²) < 4.78 is 15.6. The molecular weight excluding hydrogens is 185 g/mol. The van der Waals surface area contributed by atoms with E-state index >= 15 is 0 Å². The van der Waals surface area contributed by atoms with Gasteiger partial charge in [0, 0.05) is 12.1 Å². The van der Waals surface area contributed by atoms with Gasteiger partial charge in [-0.05, 0) is 22.3 Å². The molecule has 1 aromatic rings. The van der Waals surface area contributed by atoms with Crippen molar-refractivity contribution in [2.75, 3.05) is 19.0 Å². The van der Waals surface area contributed by atoms with Crippen LogP contribution in [-0.2, 0) is 15.5 Å². The lowest BCUT2D eigenvalue weighted by Gasteiger charge is -1.98. The summed E-state index contributed by atoms with van der Waals surface area (Å²) in [5, 5.41) is 0. The molecule has 4 heteroatoms. The Morgan fingerprint density at radius 1 is 1.54 bits per heavy atom. The fraction of sp³-hybridized carbons (Fsp3) is 0.333. The lowest BCUT2D eigenvalue weighted by molar-refractivity contribution is 0.336. The minimum absolute atomic E-state index is 0.481. The van der Waals surface area contributed by atoms with Crippen molar-refractivity contribution in [1.29, 1.82) is 0 Å². The molecule has 1 aromatic carbocycles. The van der Waals surface area contributed by atoms with Crippen LogP contribution in [0.3, 0.4) is 0 Å². The Bertz CT molecular complexity index is 301. The number of hydrogen-bond acceptors (Lipinski definition) is 3. The molecule has 0 fully saturated rings. The Balaban J connectivity index is 2.41. The summed E-state index contributed by atoms with van der Waals surface area (Å²) in [4.78, 5) is 0. The second-order valence-corrected chi connectivity index (χ2v) is 3.91. The largest absolute Gasteiger partial charge is 0.504 e. The smallest absolute Gasteiger partial charge is 0.399 e. The third-order valence-corrected chi connectivity index (χ3v) is 2.16. The summed E-state index contributed by atoms with van der Waals surface area (Å²) in [5.41, 5.74) is 7.45. The third kappa shape index (κ3) is 4.02. The Kier molecular flexibility index (Phi) is 3.87. The molecule has 70 valence electrons. The minimum Gasteiger partial charge on any atom is -0.399 e. The average Bonchev–Trinajstić information content (AvgIpc) is 2.03. The predicted octanol–water partition coefficient (Wildman–Crippen LogP) is 2.20. The van der Waals surface area contributed by atoms with E-state index in [1.165, 1.54) is 0 Å². The summed E-state index contributed by atoms with van der Waals surface area (Å²) in [5.74, 6) is 0. The molecule has 0 spiro atoms. The molecule has 2 N–H and O–H groups in total. The molecule has 0 aromatic heterocycles. The molecule has 0 radical (unpaired) electrons. The first kappa shape index (κ1) is 10.2. The number of hydrogen-bond donors (Lipinski definition) is 1. The number of rotatable bonds is 4. The number of anilines is 1. The molecule has 0 saturated heterocycles. The Hall–Kier alpha value is -0.920. The van der Waals surface area contributed by atoms with E-state index in [0.717, 1.165) is 17.7 Å². The summed E-state index contributed by atoms with van der Waals surface area (Å²) in [6.07, 6.45) is 0.750. The van der Waals surface area contributed by atoms with Gasteiger partial charge in [-0.25, -0.2) is 0 Å². The van der Waals surface area contributed by atoms with E-state index in [0.29, 0.717) is 6.61 Å². The van der Waals surface area contributed by atoms with Crippen LogP contribution in [0, 0.1) is 0 Å². The van der Waals surface area contributed by atoms with Gasteiger partial charge in [0.05, 0.1) is 0 Å². The SMILES string of the molecule is C[P+](=O)OCCc1cccc(N)c1. The van der Waals surface area contributed by atoms with Gasteiger partial charge in [0.25, 0.3) is 0 Å². The van der Waals surface area contributed by atoms with Crippen LogP contribution in [0.1, 0.15) is 5.56 Å². The highest BCUT2D eigenvalue weighted by Crippen LogP contribution is 2.16. The average molecular weight is 198 g/mol. The highest BCUT2D eigenvalue weighted by molar-refractivity contribution is 7.38. The minimum atomic E-state index is -1.49. The molecular formula is C9H13NO2P+. The number of benzene rings is 1. The van der Waals surface area contributed by atoms with E-state index in [9.17, 15) is 4.57 Å². The monoisotopic (exact) mass is 198 g/mol. The van der Waals surface area contributed by atoms with Crippen molar-refractivity contribution in [3.8, 4) is 0 Å². The molecule has 13 heavy (non-hydrogen) atoms. The van der Waals surface area contributed by atoms with Crippen LogP contribution in [0.25, 0.3) is 0 Å². The summed E-state index contributed by atoms with van der Waals surface area (Å²) in [7, 11) is -1.49. The molecule has 0 aliphatic heterocycles. The molecule has 0 aliphatic carbocycles. The van der Waals surface area contributed by atoms with E-state index in [-0.39, 0.29) is 0 Å². The normalized spacial score (nSPS) is 11.3. The molecule has 1 rings (SSSR count). The van der Waals surface area contributed by atoms with Crippen molar-refractivity contribution in [1.82, 2.24) is 0 Å². The lowest BCUT2D eigenvalue weighted by Crippen LogP contribution is -1.94. The second-order valence-electron chi connectivity index (χ2n) is 2.77. The van der Waals surface area contributed by atoms with E-state index in [4.69, 9.17) is 10.3 Å². The number of nitrogens with two attached hydrogens (primary N) is 1. The summed E-state index contributed by atoms with van der Waals surface area (Å²) in [6, 6.07) is 7.61.